The van der Waals surface area contributed by atoms with E-state index in [4.69, 9.17) is 9.47 Å². The van der Waals surface area contributed by atoms with Crippen molar-refractivity contribution < 1.29 is 23.0 Å². The van der Waals surface area contributed by atoms with Gasteiger partial charge in [0.1, 0.15) is 5.75 Å². The maximum atomic E-state index is 13.0. The smallest absolute Gasteiger partial charge is 0.310 e. The number of ether oxygens (including phenoxy) is 2. The molecule has 6 heteroatoms. The third-order valence-electron chi connectivity index (χ3n) is 2.45. The predicted octanol–water partition coefficient (Wildman–Crippen LogP) is 2.44. The monoisotopic (exact) mass is 259 g/mol. The molecule has 0 unspecified atom stereocenters. The van der Waals surface area contributed by atoms with Gasteiger partial charge in [0.05, 0.1) is 26.3 Å². The third kappa shape index (κ3) is 3.15. The van der Waals surface area contributed by atoms with Crippen molar-refractivity contribution >= 4 is 5.97 Å². The van der Waals surface area contributed by atoms with Crippen LogP contribution in [0.5, 0.6) is 5.75 Å². The van der Waals surface area contributed by atoms with Gasteiger partial charge in [-0.15, -0.1) is 0 Å². The van der Waals surface area contributed by atoms with Gasteiger partial charge in [-0.25, -0.2) is 8.78 Å². The topological polar surface area (TPSA) is 48.4 Å². The Morgan fingerprint density at radius 1 is 1.50 bits per heavy atom. The number of nitrogens with zero attached hydrogens (tertiary/aromatic N) is 1. The molecule has 1 heterocycles. The Labute approximate surface area is 104 Å². The lowest BCUT2D eigenvalue weighted by molar-refractivity contribution is -0.142. The van der Waals surface area contributed by atoms with Crippen LogP contribution in [0.1, 0.15) is 30.2 Å². The summed E-state index contributed by atoms with van der Waals surface area (Å²) in [5.41, 5.74) is 0.0611. The zero-order chi connectivity index (χ0) is 13.7. The maximum absolute atomic E-state index is 13.0. The average molecular weight is 259 g/mol. The highest BCUT2D eigenvalue weighted by molar-refractivity contribution is 5.74. The van der Waals surface area contributed by atoms with Gasteiger partial charge in [0.2, 0.25) is 0 Å². The fourth-order valence-electron chi connectivity index (χ4n) is 1.66. The molecule has 0 saturated heterocycles. The molecule has 4 nitrogen and oxygen atoms in total. The summed E-state index contributed by atoms with van der Waals surface area (Å²) in [4.78, 5) is 15.3. The molecular formula is C12H15F2NO3. The van der Waals surface area contributed by atoms with E-state index in [0.717, 1.165) is 0 Å². The summed E-state index contributed by atoms with van der Waals surface area (Å²) in [5.74, 6) is -0.396. The molecule has 0 aliphatic carbocycles. The molecule has 100 valence electrons. The molecule has 0 atom stereocenters. The van der Waals surface area contributed by atoms with Crippen LogP contribution in [0.25, 0.3) is 0 Å². The van der Waals surface area contributed by atoms with Crippen molar-refractivity contribution in [3.05, 3.63) is 23.0 Å². The largest absolute Gasteiger partial charge is 0.495 e. The molecule has 1 rings (SSSR count). The van der Waals surface area contributed by atoms with Gasteiger partial charge in [-0.2, -0.15) is 0 Å². The van der Waals surface area contributed by atoms with Crippen LogP contribution in [0, 0.1) is 6.92 Å². The Morgan fingerprint density at radius 3 is 2.67 bits per heavy atom. The lowest BCUT2D eigenvalue weighted by Gasteiger charge is -2.14. The minimum atomic E-state index is -2.71. The molecule has 0 spiro atoms. The van der Waals surface area contributed by atoms with Gasteiger partial charge in [-0.05, 0) is 13.8 Å². The number of hydrogen-bond donors (Lipinski definition) is 0. The van der Waals surface area contributed by atoms with Gasteiger partial charge in [0.15, 0.2) is 0 Å². The Bertz CT molecular complexity index is 436. The number of carbonyl (C=O) groups excluding carboxylic acids is 1. The van der Waals surface area contributed by atoms with Gasteiger partial charge < -0.3 is 9.47 Å². The van der Waals surface area contributed by atoms with E-state index in [2.05, 4.69) is 4.98 Å². The summed E-state index contributed by atoms with van der Waals surface area (Å²) in [6, 6.07) is 0. The molecular weight excluding hydrogens is 244 g/mol. The van der Waals surface area contributed by atoms with Crippen molar-refractivity contribution in [1.29, 1.82) is 0 Å². The normalized spacial score (nSPS) is 10.6. The highest BCUT2D eigenvalue weighted by Gasteiger charge is 2.23. The van der Waals surface area contributed by atoms with Gasteiger partial charge in [-0.1, -0.05) is 0 Å². The summed E-state index contributed by atoms with van der Waals surface area (Å²) < 4.78 is 35.7. The molecule has 0 saturated carbocycles. The predicted molar refractivity (Wildman–Crippen MR) is 60.8 cm³/mol. The second-order valence-electron chi connectivity index (χ2n) is 3.59. The van der Waals surface area contributed by atoms with E-state index in [9.17, 15) is 13.6 Å². The first-order chi connectivity index (χ1) is 8.51. The summed E-state index contributed by atoms with van der Waals surface area (Å²) in [6.07, 6.45) is -1.63. The van der Waals surface area contributed by atoms with Gasteiger partial charge in [0.25, 0.3) is 6.43 Å². The molecule has 0 radical (unpaired) electrons. The van der Waals surface area contributed by atoms with Gasteiger partial charge in [0, 0.05) is 16.8 Å². The quantitative estimate of drug-likeness (QED) is 0.762. The van der Waals surface area contributed by atoms with Crippen molar-refractivity contribution in [2.45, 2.75) is 26.7 Å². The number of hydrogen-bond acceptors (Lipinski definition) is 4. The van der Waals surface area contributed by atoms with Crippen molar-refractivity contribution in [1.82, 2.24) is 4.98 Å². The fraction of sp³-hybridized carbons (Fsp3) is 0.500. The lowest BCUT2D eigenvalue weighted by Crippen LogP contribution is -2.12. The summed E-state index contributed by atoms with van der Waals surface area (Å²) in [5, 5.41) is 0. The van der Waals surface area contributed by atoms with Crippen molar-refractivity contribution in [2.75, 3.05) is 13.7 Å². The molecule has 1 aromatic rings. The Balaban J connectivity index is 3.19. The third-order valence-corrected chi connectivity index (χ3v) is 2.45. The second-order valence-corrected chi connectivity index (χ2v) is 3.59. The summed E-state index contributed by atoms with van der Waals surface area (Å²) in [7, 11) is 1.34. The van der Waals surface area contributed by atoms with Gasteiger partial charge in [-0.3, -0.25) is 9.78 Å². The van der Waals surface area contributed by atoms with Crippen LogP contribution < -0.4 is 4.74 Å². The van der Waals surface area contributed by atoms with Crippen LogP contribution in [0.15, 0.2) is 6.20 Å². The number of halogens is 2. The molecule has 0 aromatic carbocycles. The molecule has 0 aliphatic rings. The summed E-state index contributed by atoms with van der Waals surface area (Å²) >= 11 is 0. The van der Waals surface area contributed by atoms with Crippen molar-refractivity contribution in [3.63, 3.8) is 0 Å². The molecule has 0 bridgehead atoms. The molecule has 0 amide bonds. The minimum Gasteiger partial charge on any atom is -0.495 e. The van der Waals surface area contributed by atoms with E-state index in [1.165, 1.54) is 20.2 Å². The van der Waals surface area contributed by atoms with E-state index in [1.807, 2.05) is 0 Å². The molecule has 18 heavy (non-hydrogen) atoms. The molecule has 0 fully saturated rings. The van der Waals surface area contributed by atoms with E-state index in [0.29, 0.717) is 0 Å². The van der Waals surface area contributed by atoms with E-state index < -0.39 is 12.4 Å². The fourth-order valence-corrected chi connectivity index (χ4v) is 1.66. The molecule has 1 aromatic heterocycles. The van der Waals surface area contributed by atoms with E-state index in [-0.39, 0.29) is 35.6 Å². The van der Waals surface area contributed by atoms with E-state index in [1.54, 1.807) is 6.92 Å². The van der Waals surface area contributed by atoms with Crippen LogP contribution in [-0.4, -0.2) is 24.7 Å². The van der Waals surface area contributed by atoms with Crippen LogP contribution in [-0.2, 0) is 16.0 Å². The van der Waals surface area contributed by atoms with Crippen LogP contribution in [0.2, 0.25) is 0 Å². The second kappa shape index (κ2) is 6.28. The summed E-state index contributed by atoms with van der Waals surface area (Å²) in [6.45, 7) is 3.33. The Morgan fingerprint density at radius 2 is 2.17 bits per heavy atom. The first-order valence-corrected chi connectivity index (χ1v) is 5.47. The highest BCUT2D eigenvalue weighted by Crippen LogP contribution is 2.31. The number of esters is 1. The lowest BCUT2D eigenvalue weighted by atomic mass is 10.0. The Kier molecular flexibility index (Phi) is 5.00. The number of aryl methyl sites for hydroxylation is 1. The first kappa shape index (κ1) is 14.3. The first-order valence-electron chi connectivity index (χ1n) is 5.47. The molecule has 0 N–H and O–H groups in total. The van der Waals surface area contributed by atoms with E-state index >= 15 is 0 Å². The number of alkyl halides is 2. The van der Waals surface area contributed by atoms with Crippen LogP contribution in [0.4, 0.5) is 8.78 Å². The van der Waals surface area contributed by atoms with Gasteiger partial charge >= 0.3 is 5.97 Å². The average Bonchev–Trinajstić information content (AvgIpc) is 2.29. The van der Waals surface area contributed by atoms with Crippen LogP contribution >= 0.6 is 0 Å². The maximum Gasteiger partial charge on any atom is 0.310 e. The van der Waals surface area contributed by atoms with Crippen molar-refractivity contribution in [2.24, 2.45) is 0 Å². The zero-order valence-corrected chi connectivity index (χ0v) is 10.5. The van der Waals surface area contributed by atoms with Crippen LogP contribution in [0.3, 0.4) is 0 Å². The number of methoxy groups -OCH3 is 1. The SMILES string of the molecule is CCOC(=O)Cc1c(OC)cnc(C)c1C(F)F. The van der Waals surface area contributed by atoms with Crippen molar-refractivity contribution in [3.8, 4) is 5.75 Å². The Hall–Kier alpha value is -1.72. The highest BCUT2D eigenvalue weighted by atomic mass is 19.3. The zero-order valence-electron chi connectivity index (χ0n) is 10.5. The minimum absolute atomic E-state index is 0.137. The number of pyridine rings is 1. The molecule has 0 aliphatic heterocycles. The number of rotatable bonds is 5. The number of carbonyl (C=O) groups is 1. The standard InChI is InChI=1S/C12H15F2NO3/c1-4-18-10(16)5-8-9(17-3)6-15-7(2)11(8)12(13)14/h6,12H,4-5H2,1-3H3. The number of aromatic nitrogens is 1.